The standard InChI is InChI=1S/C16H24FN3O2/c1-5-18-16(19-10-12(2)15(21)22-4)20(3)11-13-7-6-8-14(17)9-13/h6-9,12H,5,10-11H2,1-4H3,(H,18,19). The molecule has 0 spiro atoms. The molecule has 5 nitrogen and oxygen atoms in total. The summed E-state index contributed by atoms with van der Waals surface area (Å²) in [6.07, 6.45) is 0. The molecule has 0 radical (unpaired) electrons. The van der Waals surface area contributed by atoms with Gasteiger partial charge in [-0.3, -0.25) is 9.79 Å². The highest BCUT2D eigenvalue weighted by atomic mass is 19.1. The van der Waals surface area contributed by atoms with E-state index in [0.29, 0.717) is 25.6 Å². The van der Waals surface area contributed by atoms with Crippen molar-refractivity contribution in [3.05, 3.63) is 35.6 Å². The van der Waals surface area contributed by atoms with Crippen LogP contribution in [0.15, 0.2) is 29.3 Å². The Labute approximate surface area is 131 Å². The Hall–Kier alpha value is -2.11. The molecule has 1 aromatic carbocycles. The van der Waals surface area contributed by atoms with Gasteiger partial charge in [0.05, 0.1) is 19.6 Å². The van der Waals surface area contributed by atoms with Crippen LogP contribution in [0.25, 0.3) is 0 Å². The van der Waals surface area contributed by atoms with Gasteiger partial charge in [-0.15, -0.1) is 0 Å². The molecule has 0 aliphatic rings. The van der Waals surface area contributed by atoms with Crippen LogP contribution in [0.5, 0.6) is 0 Å². The number of methoxy groups -OCH3 is 1. The lowest BCUT2D eigenvalue weighted by Crippen LogP contribution is -2.39. The highest BCUT2D eigenvalue weighted by Gasteiger charge is 2.14. The Balaban J connectivity index is 2.74. The normalized spacial score (nSPS) is 12.7. The molecule has 6 heteroatoms. The molecular weight excluding hydrogens is 285 g/mol. The summed E-state index contributed by atoms with van der Waals surface area (Å²) in [4.78, 5) is 17.7. The number of nitrogens with zero attached hydrogens (tertiary/aromatic N) is 2. The van der Waals surface area contributed by atoms with E-state index in [1.807, 2.05) is 24.9 Å². The van der Waals surface area contributed by atoms with E-state index in [-0.39, 0.29) is 17.7 Å². The number of hydrogen-bond donors (Lipinski definition) is 1. The number of esters is 1. The predicted octanol–water partition coefficient (Wildman–Crippen LogP) is 2.03. The Kier molecular flexibility index (Phi) is 7.36. The van der Waals surface area contributed by atoms with E-state index in [2.05, 4.69) is 15.0 Å². The molecule has 0 saturated carbocycles. The van der Waals surface area contributed by atoms with E-state index in [9.17, 15) is 9.18 Å². The number of ether oxygens (including phenoxy) is 1. The molecule has 0 heterocycles. The van der Waals surface area contributed by atoms with Crippen molar-refractivity contribution in [1.82, 2.24) is 10.2 Å². The Morgan fingerprint density at radius 1 is 1.50 bits per heavy atom. The third-order valence-electron chi connectivity index (χ3n) is 3.12. The maximum Gasteiger partial charge on any atom is 0.310 e. The number of aliphatic imine (C=N–C) groups is 1. The molecule has 0 aliphatic heterocycles. The van der Waals surface area contributed by atoms with Crippen LogP contribution in [0, 0.1) is 11.7 Å². The van der Waals surface area contributed by atoms with Crippen LogP contribution in [0.4, 0.5) is 4.39 Å². The van der Waals surface area contributed by atoms with Gasteiger partial charge >= 0.3 is 5.97 Å². The van der Waals surface area contributed by atoms with E-state index in [1.54, 1.807) is 13.0 Å². The fourth-order valence-electron chi connectivity index (χ4n) is 1.95. The molecule has 1 rings (SSSR count). The number of nitrogens with one attached hydrogen (secondary N) is 1. The van der Waals surface area contributed by atoms with Crippen LogP contribution in [0.2, 0.25) is 0 Å². The van der Waals surface area contributed by atoms with Crippen molar-refractivity contribution in [3.8, 4) is 0 Å². The average Bonchev–Trinajstić information content (AvgIpc) is 2.50. The van der Waals surface area contributed by atoms with E-state index < -0.39 is 0 Å². The minimum absolute atomic E-state index is 0.257. The summed E-state index contributed by atoms with van der Waals surface area (Å²) in [6.45, 7) is 5.30. The number of halogens is 1. The fraction of sp³-hybridized carbons (Fsp3) is 0.500. The molecule has 0 aliphatic carbocycles. The molecule has 122 valence electrons. The van der Waals surface area contributed by atoms with Gasteiger partial charge in [-0.2, -0.15) is 0 Å². The zero-order chi connectivity index (χ0) is 16.5. The number of benzene rings is 1. The third kappa shape index (κ3) is 5.71. The van der Waals surface area contributed by atoms with E-state index >= 15 is 0 Å². The summed E-state index contributed by atoms with van der Waals surface area (Å²) in [7, 11) is 3.24. The molecule has 1 aromatic rings. The summed E-state index contributed by atoms with van der Waals surface area (Å²) < 4.78 is 17.9. The first kappa shape index (κ1) is 17.9. The van der Waals surface area contributed by atoms with Gasteiger partial charge in [0, 0.05) is 20.1 Å². The monoisotopic (exact) mass is 309 g/mol. The zero-order valence-electron chi connectivity index (χ0n) is 13.6. The second kappa shape index (κ2) is 9.02. The predicted molar refractivity (Wildman–Crippen MR) is 85.0 cm³/mol. The fourth-order valence-corrected chi connectivity index (χ4v) is 1.95. The second-order valence-corrected chi connectivity index (χ2v) is 5.10. The van der Waals surface area contributed by atoms with Crippen LogP contribution >= 0.6 is 0 Å². The zero-order valence-corrected chi connectivity index (χ0v) is 13.6. The van der Waals surface area contributed by atoms with E-state index in [4.69, 9.17) is 0 Å². The molecule has 1 atom stereocenters. The van der Waals surface area contributed by atoms with Crippen molar-refractivity contribution in [1.29, 1.82) is 0 Å². The summed E-state index contributed by atoms with van der Waals surface area (Å²) in [5.74, 6) is -0.178. The van der Waals surface area contributed by atoms with E-state index in [1.165, 1.54) is 19.2 Å². The molecule has 22 heavy (non-hydrogen) atoms. The molecule has 0 aromatic heterocycles. The Morgan fingerprint density at radius 3 is 2.82 bits per heavy atom. The quantitative estimate of drug-likeness (QED) is 0.496. The van der Waals surface area contributed by atoms with E-state index in [0.717, 1.165) is 5.56 Å². The molecule has 1 N–H and O–H groups in total. The first-order chi connectivity index (χ1) is 10.5. The number of rotatable bonds is 6. The molecule has 0 bridgehead atoms. The third-order valence-corrected chi connectivity index (χ3v) is 3.12. The Bertz CT molecular complexity index is 520. The smallest absolute Gasteiger partial charge is 0.310 e. The molecule has 0 saturated heterocycles. The maximum absolute atomic E-state index is 13.2. The van der Waals surface area contributed by atoms with Crippen LogP contribution in [0.1, 0.15) is 19.4 Å². The van der Waals surface area contributed by atoms with Crippen molar-refractivity contribution >= 4 is 11.9 Å². The lowest BCUT2D eigenvalue weighted by Gasteiger charge is -2.22. The van der Waals surface area contributed by atoms with Gasteiger partial charge in [-0.25, -0.2) is 4.39 Å². The van der Waals surface area contributed by atoms with Gasteiger partial charge in [0.1, 0.15) is 5.82 Å². The average molecular weight is 309 g/mol. The van der Waals surface area contributed by atoms with Crippen LogP contribution in [-0.4, -0.2) is 44.1 Å². The minimum Gasteiger partial charge on any atom is -0.469 e. The van der Waals surface area contributed by atoms with Gasteiger partial charge in [0.2, 0.25) is 0 Å². The van der Waals surface area contributed by atoms with Crippen LogP contribution in [-0.2, 0) is 16.1 Å². The lowest BCUT2D eigenvalue weighted by atomic mass is 10.2. The number of carbonyl (C=O) groups is 1. The van der Waals surface area contributed by atoms with Crippen molar-refractivity contribution < 1.29 is 13.9 Å². The summed E-state index contributed by atoms with van der Waals surface area (Å²) in [5, 5.41) is 3.16. The topological polar surface area (TPSA) is 53.9 Å². The summed E-state index contributed by atoms with van der Waals surface area (Å²) in [6, 6.07) is 6.46. The summed E-state index contributed by atoms with van der Waals surface area (Å²) in [5.41, 5.74) is 0.856. The van der Waals surface area contributed by atoms with Gasteiger partial charge in [0.25, 0.3) is 0 Å². The highest BCUT2D eigenvalue weighted by molar-refractivity contribution is 5.80. The highest BCUT2D eigenvalue weighted by Crippen LogP contribution is 2.07. The largest absolute Gasteiger partial charge is 0.469 e. The summed E-state index contributed by atoms with van der Waals surface area (Å²) >= 11 is 0. The van der Waals surface area contributed by atoms with Gasteiger partial charge in [-0.1, -0.05) is 19.1 Å². The van der Waals surface area contributed by atoms with Gasteiger partial charge in [0.15, 0.2) is 5.96 Å². The Morgan fingerprint density at radius 2 is 2.23 bits per heavy atom. The SMILES string of the molecule is CCNC(=NCC(C)C(=O)OC)N(C)Cc1cccc(F)c1. The first-order valence-electron chi connectivity index (χ1n) is 7.29. The molecule has 1 unspecified atom stereocenters. The van der Waals surface area contributed by atoms with Crippen molar-refractivity contribution in [3.63, 3.8) is 0 Å². The van der Waals surface area contributed by atoms with Crippen LogP contribution in [0.3, 0.4) is 0 Å². The number of guanidine groups is 1. The molecule has 0 fully saturated rings. The minimum atomic E-state index is -0.304. The maximum atomic E-state index is 13.2. The lowest BCUT2D eigenvalue weighted by molar-refractivity contribution is -0.144. The molecule has 0 amide bonds. The second-order valence-electron chi connectivity index (χ2n) is 5.10. The van der Waals surface area contributed by atoms with Gasteiger partial charge in [-0.05, 0) is 24.6 Å². The number of hydrogen-bond acceptors (Lipinski definition) is 3. The van der Waals surface area contributed by atoms with Crippen molar-refractivity contribution in [2.75, 3.05) is 27.2 Å². The van der Waals surface area contributed by atoms with Gasteiger partial charge < -0.3 is 15.0 Å². The van der Waals surface area contributed by atoms with Crippen molar-refractivity contribution in [2.24, 2.45) is 10.9 Å². The number of carbonyl (C=O) groups excluding carboxylic acids is 1. The van der Waals surface area contributed by atoms with Crippen molar-refractivity contribution in [2.45, 2.75) is 20.4 Å². The van der Waals surface area contributed by atoms with Crippen LogP contribution < -0.4 is 5.32 Å². The molecular formula is C16H24FN3O2. The first-order valence-corrected chi connectivity index (χ1v) is 7.29.